The van der Waals surface area contributed by atoms with Crippen LogP contribution >= 0.6 is 0 Å². The zero-order valence-electron chi connectivity index (χ0n) is 18.9. The van der Waals surface area contributed by atoms with Crippen LogP contribution in [0.5, 0.6) is 0 Å². The summed E-state index contributed by atoms with van der Waals surface area (Å²) in [6.07, 6.45) is 15.5. The molecular weight excluding hydrogens is 475 g/mol. The number of hydrogen-bond acceptors (Lipinski definition) is 6. The summed E-state index contributed by atoms with van der Waals surface area (Å²) in [6.45, 7) is 3.64. The summed E-state index contributed by atoms with van der Waals surface area (Å²) in [5.41, 5.74) is 7.51. The number of nitrogens with two attached hydrogens (primary N) is 1. The first-order valence-electron chi connectivity index (χ1n) is 11.5. The zero-order chi connectivity index (χ0) is 23.2. The van der Waals surface area contributed by atoms with E-state index in [1.165, 1.54) is 46.3 Å². The molecule has 0 unspecified atom stereocenters. The van der Waals surface area contributed by atoms with Gasteiger partial charge in [-0.3, -0.25) is 0 Å². The molecule has 177 valence electrons. The summed E-state index contributed by atoms with van der Waals surface area (Å²) in [4.78, 5) is 27.6. The number of carbonyl (C=O) groups is 2. The van der Waals surface area contributed by atoms with Crippen LogP contribution < -0.4 is 11.2 Å². The molecule has 0 heterocycles. The van der Waals surface area contributed by atoms with Crippen LogP contribution in [0.1, 0.15) is 83.5 Å². The monoisotopic (exact) mass is 516 g/mol. The first-order chi connectivity index (χ1) is 15.1. The Labute approximate surface area is 199 Å². The van der Waals surface area contributed by atoms with E-state index in [1.54, 1.807) is 0 Å². The van der Waals surface area contributed by atoms with Crippen molar-refractivity contribution in [1.29, 1.82) is 5.41 Å². The van der Waals surface area contributed by atoms with Crippen molar-refractivity contribution in [2.75, 3.05) is 26.2 Å². The van der Waals surface area contributed by atoms with Gasteiger partial charge in [0.1, 0.15) is 12.6 Å². The standard InChI is InChI=1S/C22H41N5O3.Nb/c23-21(24)20-22(26-30)25-14-13-17-27(15-9-5-1-3-7-11-18-28)16-10-6-2-4-8-12-19-29;/h18-19,30H,1-17H2,(H3,23,24)(H,25,26);. The summed E-state index contributed by atoms with van der Waals surface area (Å²) in [6, 6.07) is 0. The third-order valence-electron chi connectivity index (χ3n) is 5.08. The fraction of sp³-hybridized carbons (Fsp3) is 0.773. The fourth-order valence-electron chi connectivity index (χ4n) is 3.30. The number of aliphatic imine (C=N–C) groups is 1. The van der Waals surface area contributed by atoms with Gasteiger partial charge in [-0.25, -0.2) is 0 Å². The van der Waals surface area contributed by atoms with E-state index in [0.29, 0.717) is 23.1 Å². The molecule has 0 saturated heterocycles. The van der Waals surface area contributed by atoms with Crippen LogP contribution in [0.4, 0.5) is 0 Å². The Bertz CT molecular complexity index is 521. The van der Waals surface area contributed by atoms with Crippen LogP contribution in [0.2, 0.25) is 0 Å². The van der Waals surface area contributed by atoms with Crippen molar-refractivity contribution in [2.24, 2.45) is 10.7 Å². The van der Waals surface area contributed by atoms with E-state index >= 15 is 0 Å². The van der Waals surface area contributed by atoms with Gasteiger partial charge in [0.2, 0.25) is 0 Å². The van der Waals surface area contributed by atoms with E-state index in [9.17, 15) is 14.8 Å². The van der Waals surface area contributed by atoms with Gasteiger partial charge >= 0.3 is 152 Å². The molecule has 0 aromatic carbocycles. The third-order valence-corrected chi connectivity index (χ3v) is 6.19. The van der Waals surface area contributed by atoms with Crippen LogP contribution in [0.3, 0.4) is 0 Å². The molecule has 0 aliphatic carbocycles. The van der Waals surface area contributed by atoms with E-state index in [1.807, 2.05) is 5.48 Å². The zero-order valence-corrected chi connectivity index (χ0v) is 21.1. The molecule has 0 aromatic heterocycles. The number of nitrogens with one attached hydrogen (secondary N) is 2. The summed E-state index contributed by atoms with van der Waals surface area (Å²) < 4.78 is 0.484. The van der Waals surface area contributed by atoms with E-state index < -0.39 is 0 Å². The topological polar surface area (TPSA) is 132 Å². The molecule has 0 spiro atoms. The van der Waals surface area contributed by atoms with Crippen molar-refractivity contribution in [3.63, 3.8) is 0 Å². The Balaban J connectivity index is 4.31. The number of aldehydes is 2. The van der Waals surface area contributed by atoms with Crippen molar-refractivity contribution >= 4 is 28.0 Å². The van der Waals surface area contributed by atoms with Crippen molar-refractivity contribution in [1.82, 2.24) is 10.4 Å². The molecule has 0 saturated carbocycles. The van der Waals surface area contributed by atoms with Gasteiger partial charge in [0, 0.05) is 12.8 Å². The molecule has 0 aromatic rings. The Morgan fingerprint density at radius 2 is 1.32 bits per heavy atom. The fourth-order valence-corrected chi connectivity index (χ4v) is 3.59. The molecule has 5 N–H and O–H groups in total. The van der Waals surface area contributed by atoms with Crippen LogP contribution in [0.25, 0.3) is 0 Å². The van der Waals surface area contributed by atoms with Gasteiger partial charge in [-0.15, -0.1) is 0 Å². The average Bonchev–Trinajstić information content (AvgIpc) is 2.76. The minimum atomic E-state index is -0.0859. The van der Waals surface area contributed by atoms with Crippen molar-refractivity contribution in [3.05, 3.63) is 0 Å². The molecule has 0 fully saturated rings. The molecule has 0 aliphatic rings. The van der Waals surface area contributed by atoms with Crippen LogP contribution in [0.15, 0.2) is 4.99 Å². The molecular formula is C22H41N5NbO3. The molecule has 0 amide bonds. The second kappa shape index (κ2) is 22.0. The first kappa shape index (κ1) is 29.8. The van der Waals surface area contributed by atoms with Gasteiger partial charge in [0.15, 0.2) is 0 Å². The number of rotatable bonds is 22. The Morgan fingerprint density at radius 3 is 1.77 bits per heavy atom. The summed E-state index contributed by atoms with van der Waals surface area (Å²) in [7, 11) is 0. The van der Waals surface area contributed by atoms with Crippen molar-refractivity contribution in [2.45, 2.75) is 83.5 Å². The number of hydroxylamine groups is 1. The Hall–Kier alpha value is -1.19. The predicted octanol–water partition coefficient (Wildman–Crippen LogP) is 2.79. The summed E-state index contributed by atoms with van der Waals surface area (Å²) >= 11 is 1.26. The molecule has 9 heteroatoms. The van der Waals surface area contributed by atoms with Gasteiger partial charge in [-0.2, -0.15) is 0 Å². The third kappa shape index (κ3) is 18.1. The SMILES string of the molecule is N=C(N)[C](=[Nb])C(=NCCCN(CCCCCCCC=O)CCCCCCCC=O)NO. The maximum absolute atomic E-state index is 10.4. The van der Waals surface area contributed by atoms with Crippen LogP contribution in [0, 0.1) is 5.41 Å². The van der Waals surface area contributed by atoms with Gasteiger partial charge in [0.25, 0.3) is 0 Å². The summed E-state index contributed by atoms with van der Waals surface area (Å²) in [5, 5.41) is 16.7. The number of nitrogens with zero attached hydrogens (tertiary/aromatic N) is 2. The molecule has 8 nitrogen and oxygen atoms in total. The van der Waals surface area contributed by atoms with E-state index in [4.69, 9.17) is 11.1 Å². The average molecular weight is 517 g/mol. The molecule has 0 radical (unpaired) electrons. The van der Waals surface area contributed by atoms with Crippen molar-refractivity contribution in [3.8, 4) is 0 Å². The van der Waals surface area contributed by atoms with Gasteiger partial charge in [-0.05, 0) is 12.8 Å². The van der Waals surface area contributed by atoms with E-state index in [-0.39, 0.29) is 11.7 Å². The van der Waals surface area contributed by atoms with Crippen LogP contribution in [-0.2, 0) is 30.2 Å². The molecule has 31 heavy (non-hydrogen) atoms. The quantitative estimate of drug-likeness (QED) is 0.0437. The summed E-state index contributed by atoms with van der Waals surface area (Å²) in [5.74, 6) is 0.191. The maximum atomic E-state index is 10.4. The number of hydrogen-bond donors (Lipinski definition) is 4. The Morgan fingerprint density at radius 1 is 0.871 bits per heavy atom. The van der Waals surface area contributed by atoms with Gasteiger partial charge in [-0.1, -0.05) is 0 Å². The second-order valence-electron chi connectivity index (χ2n) is 7.75. The van der Waals surface area contributed by atoms with Gasteiger partial charge < -0.3 is 9.59 Å². The number of unbranched alkanes of at least 4 members (excludes halogenated alkanes) is 10. The van der Waals surface area contributed by atoms with E-state index in [2.05, 4.69) is 9.89 Å². The predicted molar refractivity (Wildman–Crippen MR) is 123 cm³/mol. The molecule has 0 atom stereocenters. The van der Waals surface area contributed by atoms with Gasteiger partial charge in [0.05, 0.1) is 0 Å². The normalized spacial score (nSPS) is 11.5. The molecule has 0 aliphatic heterocycles. The Kier molecular flexibility index (Phi) is 21.2. The number of amidine groups is 2. The molecule has 0 rings (SSSR count). The van der Waals surface area contributed by atoms with Crippen molar-refractivity contribution < 1.29 is 35.4 Å². The van der Waals surface area contributed by atoms with E-state index in [0.717, 1.165) is 77.2 Å². The second-order valence-corrected chi connectivity index (χ2v) is 8.85. The minimum absolute atomic E-state index is 0.0859. The molecule has 0 bridgehead atoms. The first-order valence-corrected chi connectivity index (χ1v) is 12.6. The number of carbonyl (C=O) groups excluding carboxylic acids is 2. The van der Waals surface area contributed by atoms with Crippen LogP contribution in [-0.4, -0.2) is 64.3 Å².